The smallest absolute Gasteiger partial charge is 0.292 e. The highest BCUT2D eigenvalue weighted by atomic mass is 16.6. The van der Waals surface area contributed by atoms with Crippen molar-refractivity contribution < 1.29 is 14.4 Å². The van der Waals surface area contributed by atoms with Gasteiger partial charge in [0.2, 0.25) is 0 Å². The third-order valence-electron chi connectivity index (χ3n) is 2.78. The van der Waals surface area contributed by atoms with Crippen molar-refractivity contribution in [3.63, 3.8) is 0 Å². The van der Waals surface area contributed by atoms with Gasteiger partial charge in [-0.3, -0.25) is 10.1 Å². The zero-order valence-electron chi connectivity index (χ0n) is 10.4. The van der Waals surface area contributed by atoms with Crippen LogP contribution in [0.15, 0.2) is 47.1 Å². The second-order valence-corrected chi connectivity index (χ2v) is 4.38. The van der Waals surface area contributed by atoms with E-state index < -0.39 is 10.5 Å². The number of furan rings is 1. The first-order valence-electron chi connectivity index (χ1n) is 5.74. The van der Waals surface area contributed by atoms with Crippen molar-refractivity contribution in [2.45, 2.75) is 12.5 Å². The van der Waals surface area contributed by atoms with Crippen molar-refractivity contribution in [3.05, 3.63) is 58.5 Å². The van der Waals surface area contributed by atoms with Crippen molar-refractivity contribution in [1.29, 1.82) is 0 Å². The molecule has 19 heavy (non-hydrogen) atoms. The third kappa shape index (κ3) is 2.92. The number of hydrogen-bond acceptors (Lipinski definition) is 5. The first-order chi connectivity index (χ1) is 9.00. The zero-order valence-corrected chi connectivity index (χ0v) is 10.4. The third-order valence-corrected chi connectivity index (χ3v) is 2.78. The summed E-state index contributed by atoms with van der Waals surface area (Å²) in [6.07, 6.45) is 1.47. The summed E-state index contributed by atoms with van der Waals surface area (Å²) in [5.41, 5.74) is -0.912. The number of hydrogen-bond donors (Lipinski definition) is 2. The van der Waals surface area contributed by atoms with Gasteiger partial charge in [0.15, 0.2) is 0 Å². The molecule has 1 aromatic heterocycles. The summed E-state index contributed by atoms with van der Waals surface area (Å²) in [7, 11) is 0. The van der Waals surface area contributed by atoms with E-state index in [4.69, 9.17) is 4.42 Å². The molecule has 0 spiro atoms. The van der Waals surface area contributed by atoms with Gasteiger partial charge in [0.25, 0.3) is 5.69 Å². The van der Waals surface area contributed by atoms with E-state index in [1.54, 1.807) is 37.3 Å². The van der Waals surface area contributed by atoms with E-state index in [9.17, 15) is 15.2 Å². The summed E-state index contributed by atoms with van der Waals surface area (Å²) < 4.78 is 5.14. The van der Waals surface area contributed by atoms with Crippen molar-refractivity contribution in [1.82, 2.24) is 0 Å². The monoisotopic (exact) mass is 262 g/mol. The molecule has 100 valence electrons. The van der Waals surface area contributed by atoms with Crippen LogP contribution >= 0.6 is 0 Å². The Balaban J connectivity index is 2.13. The molecular formula is C13H14N2O4. The molecule has 1 heterocycles. The number of aliphatic hydroxyl groups is 1. The van der Waals surface area contributed by atoms with Crippen molar-refractivity contribution in [2.75, 3.05) is 11.9 Å². The minimum absolute atomic E-state index is 0.0299. The lowest BCUT2D eigenvalue weighted by Crippen LogP contribution is -2.30. The molecule has 0 bridgehead atoms. The number of nitrogens with zero attached hydrogens (tertiary/aromatic N) is 1. The minimum Gasteiger partial charge on any atom is -0.466 e. The van der Waals surface area contributed by atoms with Gasteiger partial charge in [-0.05, 0) is 25.1 Å². The van der Waals surface area contributed by atoms with Crippen LogP contribution in [0.1, 0.15) is 12.7 Å². The number of nitro benzene ring substituents is 1. The average molecular weight is 262 g/mol. The van der Waals surface area contributed by atoms with E-state index in [0.717, 1.165) is 0 Å². The first-order valence-corrected chi connectivity index (χ1v) is 5.74. The second kappa shape index (κ2) is 5.11. The molecule has 6 heteroatoms. The van der Waals surface area contributed by atoms with Crippen LogP contribution in [0.3, 0.4) is 0 Å². The Morgan fingerprint density at radius 3 is 2.74 bits per heavy atom. The van der Waals surface area contributed by atoms with Gasteiger partial charge in [0, 0.05) is 6.07 Å². The number of nitro groups is 1. The number of anilines is 1. The van der Waals surface area contributed by atoms with Crippen LogP contribution in [-0.2, 0) is 5.60 Å². The van der Waals surface area contributed by atoms with Gasteiger partial charge in [0.05, 0.1) is 17.7 Å². The molecule has 0 amide bonds. The first kappa shape index (κ1) is 13.1. The Morgan fingerprint density at radius 1 is 1.37 bits per heavy atom. The van der Waals surface area contributed by atoms with Gasteiger partial charge in [-0.25, -0.2) is 0 Å². The highest BCUT2D eigenvalue weighted by molar-refractivity contribution is 5.61. The quantitative estimate of drug-likeness (QED) is 0.638. The lowest BCUT2D eigenvalue weighted by Gasteiger charge is -2.21. The van der Waals surface area contributed by atoms with Gasteiger partial charge in [-0.15, -0.1) is 0 Å². The summed E-state index contributed by atoms with van der Waals surface area (Å²) >= 11 is 0. The highest BCUT2D eigenvalue weighted by Crippen LogP contribution is 2.26. The maximum absolute atomic E-state index is 10.9. The fraction of sp³-hybridized carbons (Fsp3) is 0.231. The van der Waals surface area contributed by atoms with Gasteiger partial charge in [0.1, 0.15) is 17.0 Å². The van der Waals surface area contributed by atoms with E-state index in [2.05, 4.69) is 5.32 Å². The van der Waals surface area contributed by atoms with E-state index in [0.29, 0.717) is 11.4 Å². The van der Waals surface area contributed by atoms with Crippen LogP contribution in [0.2, 0.25) is 0 Å². The molecule has 0 saturated heterocycles. The molecule has 2 rings (SSSR count). The Bertz CT molecular complexity index is 564. The molecule has 1 atom stereocenters. The SMILES string of the molecule is CC(O)(CNc1ccccc1[N+](=O)[O-])c1ccco1. The topological polar surface area (TPSA) is 88.5 Å². The van der Waals surface area contributed by atoms with Crippen LogP contribution in [0.4, 0.5) is 11.4 Å². The van der Waals surface area contributed by atoms with Gasteiger partial charge in [-0.1, -0.05) is 12.1 Å². The molecule has 2 N–H and O–H groups in total. The van der Waals surface area contributed by atoms with Gasteiger partial charge < -0.3 is 14.8 Å². The fourth-order valence-corrected chi connectivity index (χ4v) is 1.72. The van der Waals surface area contributed by atoms with E-state index >= 15 is 0 Å². The predicted octanol–water partition coefficient (Wildman–Crippen LogP) is 2.51. The molecule has 1 aromatic carbocycles. The molecule has 2 aromatic rings. The molecule has 0 fully saturated rings. The lowest BCUT2D eigenvalue weighted by atomic mass is 10.0. The largest absolute Gasteiger partial charge is 0.466 e. The van der Waals surface area contributed by atoms with Crippen LogP contribution in [0.25, 0.3) is 0 Å². The van der Waals surface area contributed by atoms with E-state index in [-0.39, 0.29) is 12.2 Å². The maximum Gasteiger partial charge on any atom is 0.292 e. The Labute approximate surface area is 109 Å². The number of nitrogens with one attached hydrogen (secondary N) is 1. The molecule has 1 unspecified atom stereocenters. The van der Waals surface area contributed by atoms with Crippen LogP contribution in [-0.4, -0.2) is 16.6 Å². The minimum atomic E-state index is -1.24. The average Bonchev–Trinajstić information content (AvgIpc) is 2.91. The Kier molecular flexibility index (Phi) is 3.52. The molecule has 0 radical (unpaired) electrons. The van der Waals surface area contributed by atoms with E-state index in [1.807, 2.05) is 0 Å². The van der Waals surface area contributed by atoms with Crippen LogP contribution in [0.5, 0.6) is 0 Å². The summed E-state index contributed by atoms with van der Waals surface area (Å²) in [6.45, 7) is 1.68. The van der Waals surface area contributed by atoms with Crippen LogP contribution < -0.4 is 5.32 Å². The second-order valence-electron chi connectivity index (χ2n) is 4.38. The zero-order chi connectivity index (χ0) is 13.9. The molecule has 0 saturated carbocycles. The maximum atomic E-state index is 10.9. The summed E-state index contributed by atoms with van der Waals surface area (Å²) in [4.78, 5) is 10.4. The number of rotatable bonds is 5. The van der Waals surface area contributed by atoms with Crippen molar-refractivity contribution >= 4 is 11.4 Å². The fourth-order valence-electron chi connectivity index (χ4n) is 1.72. The Hall–Kier alpha value is -2.34. The van der Waals surface area contributed by atoms with E-state index in [1.165, 1.54) is 12.3 Å². The standard InChI is InChI=1S/C13H14N2O4/c1-13(16,12-7-4-8-19-12)9-14-10-5-2-3-6-11(10)15(17)18/h2-8,14,16H,9H2,1H3. The van der Waals surface area contributed by atoms with Gasteiger partial charge in [-0.2, -0.15) is 0 Å². The Morgan fingerprint density at radius 2 is 2.11 bits per heavy atom. The number of benzene rings is 1. The highest BCUT2D eigenvalue weighted by Gasteiger charge is 2.27. The molecule has 6 nitrogen and oxygen atoms in total. The molecule has 0 aliphatic carbocycles. The lowest BCUT2D eigenvalue weighted by molar-refractivity contribution is -0.384. The van der Waals surface area contributed by atoms with Crippen molar-refractivity contribution in [2.24, 2.45) is 0 Å². The summed E-state index contributed by atoms with van der Waals surface area (Å²) in [5, 5.41) is 24.0. The van der Waals surface area contributed by atoms with Crippen molar-refractivity contribution in [3.8, 4) is 0 Å². The normalized spacial score (nSPS) is 13.8. The molecule has 0 aliphatic heterocycles. The molecule has 0 aliphatic rings. The predicted molar refractivity (Wildman–Crippen MR) is 69.9 cm³/mol. The summed E-state index contributed by atoms with van der Waals surface area (Å²) in [6, 6.07) is 9.61. The van der Waals surface area contributed by atoms with Crippen LogP contribution in [0, 0.1) is 10.1 Å². The number of para-hydroxylation sites is 2. The molecular weight excluding hydrogens is 248 g/mol. The summed E-state index contributed by atoms with van der Waals surface area (Å²) in [5.74, 6) is 0.401. The van der Waals surface area contributed by atoms with Gasteiger partial charge >= 0.3 is 0 Å².